The lowest BCUT2D eigenvalue weighted by Crippen LogP contribution is -1.96. The quantitative estimate of drug-likeness (QED) is 0.323. The maximum absolute atomic E-state index is 6.16. The zero-order valence-electron chi connectivity index (χ0n) is 16.0. The molecule has 0 radical (unpaired) electrons. The fourth-order valence-electron chi connectivity index (χ4n) is 4.16. The number of para-hydroxylation sites is 2. The van der Waals surface area contributed by atoms with Gasteiger partial charge in [0.15, 0.2) is 0 Å². The molecule has 0 atom stereocenters. The molecule has 0 fully saturated rings. The van der Waals surface area contributed by atoms with Crippen LogP contribution in [0, 0.1) is 0 Å². The molecule has 28 heavy (non-hydrogen) atoms. The highest BCUT2D eigenvalue weighted by Gasteiger charge is 2.20. The minimum absolute atomic E-state index is 0.927. The molecule has 2 heteroatoms. The first-order chi connectivity index (χ1) is 13.8. The summed E-state index contributed by atoms with van der Waals surface area (Å²) in [5.41, 5.74) is 6.60. The SMILES string of the molecule is C/C=C\c1c(/C=C/C)c2c3c(ccc2n1-c1ccccc1)oc1ccccc13. The molecule has 2 heterocycles. The maximum Gasteiger partial charge on any atom is 0.136 e. The zero-order chi connectivity index (χ0) is 19.1. The number of rotatable bonds is 3. The summed E-state index contributed by atoms with van der Waals surface area (Å²) in [5.74, 6) is 0. The van der Waals surface area contributed by atoms with Gasteiger partial charge in [0.25, 0.3) is 0 Å². The summed E-state index contributed by atoms with van der Waals surface area (Å²) in [6.07, 6.45) is 8.61. The molecular formula is C26H21NO. The van der Waals surface area contributed by atoms with Gasteiger partial charge in [-0.15, -0.1) is 0 Å². The first-order valence-electron chi connectivity index (χ1n) is 9.63. The van der Waals surface area contributed by atoms with E-state index in [9.17, 15) is 0 Å². The van der Waals surface area contributed by atoms with Crippen LogP contribution in [0.5, 0.6) is 0 Å². The van der Waals surface area contributed by atoms with Gasteiger partial charge in [0.1, 0.15) is 11.2 Å². The van der Waals surface area contributed by atoms with Crippen molar-refractivity contribution in [2.24, 2.45) is 0 Å². The number of fused-ring (bicyclic) bond motifs is 5. The average Bonchev–Trinajstić information content (AvgIpc) is 3.25. The van der Waals surface area contributed by atoms with Gasteiger partial charge in [0.2, 0.25) is 0 Å². The number of benzene rings is 3. The zero-order valence-corrected chi connectivity index (χ0v) is 16.0. The minimum Gasteiger partial charge on any atom is -0.456 e. The third kappa shape index (κ3) is 2.35. The molecule has 0 aliphatic carbocycles. The fourth-order valence-corrected chi connectivity index (χ4v) is 4.16. The molecule has 0 saturated carbocycles. The Hall–Kier alpha value is -3.52. The molecule has 0 unspecified atom stereocenters. The Morgan fingerprint density at radius 2 is 1.46 bits per heavy atom. The number of allylic oxidation sites excluding steroid dienone is 2. The second kappa shape index (κ2) is 6.58. The molecule has 0 N–H and O–H groups in total. The second-order valence-electron chi connectivity index (χ2n) is 6.90. The summed E-state index contributed by atoms with van der Waals surface area (Å²) in [6.45, 7) is 4.13. The molecule has 0 spiro atoms. The second-order valence-corrected chi connectivity index (χ2v) is 6.90. The van der Waals surface area contributed by atoms with Crippen LogP contribution >= 0.6 is 0 Å². The van der Waals surface area contributed by atoms with E-state index in [4.69, 9.17) is 4.42 Å². The highest BCUT2D eigenvalue weighted by Crippen LogP contribution is 2.40. The van der Waals surface area contributed by atoms with Crippen molar-refractivity contribution in [2.45, 2.75) is 13.8 Å². The smallest absolute Gasteiger partial charge is 0.136 e. The number of nitrogens with zero attached hydrogens (tertiary/aromatic N) is 1. The van der Waals surface area contributed by atoms with E-state index in [0.717, 1.165) is 22.2 Å². The van der Waals surface area contributed by atoms with Crippen LogP contribution in [-0.2, 0) is 0 Å². The largest absolute Gasteiger partial charge is 0.456 e. The van der Waals surface area contributed by atoms with Gasteiger partial charge < -0.3 is 8.98 Å². The maximum atomic E-state index is 6.16. The van der Waals surface area contributed by atoms with Gasteiger partial charge in [0, 0.05) is 27.4 Å². The van der Waals surface area contributed by atoms with Gasteiger partial charge in [-0.2, -0.15) is 0 Å². The summed E-state index contributed by atoms with van der Waals surface area (Å²) >= 11 is 0. The van der Waals surface area contributed by atoms with E-state index < -0.39 is 0 Å². The molecular weight excluding hydrogens is 342 g/mol. The van der Waals surface area contributed by atoms with E-state index >= 15 is 0 Å². The van der Waals surface area contributed by atoms with Crippen LogP contribution in [-0.4, -0.2) is 4.57 Å². The predicted octanol–water partition coefficient (Wildman–Crippen LogP) is 7.60. The van der Waals surface area contributed by atoms with E-state index in [1.165, 1.54) is 27.5 Å². The van der Waals surface area contributed by atoms with Crippen LogP contribution in [0.15, 0.2) is 83.3 Å². The van der Waals surface area contributed by atoms with Gasteiger partial charge in [0.05, 0.1) is 11.2 Å². The number of aromatic nitrogens is 1. The fraction of sp³-hybridized carbons (Fsp3) is 0.0769. The van der Waals surface area contributed by atoms with Gasteiger partial charge in [-0.25, -0.2) is 0 Å². The monoisotopic (exact) mass is 363 g/mol. The summed E-state index contributed by atoms with van der Waals surface area (Å²) in [5, 5.41) is 3.57. The Morgan fingerprint density at radius 3 is 2.25 bits per heavy atom. The molecule has 0 bridgehead atoms. The normalized spacial score (nSPS) is 12.4. The molecule has 0 aliphatic heterocycles. The predicted molar refractivity (Wildman–Crippen MR) is 120 cm³/mol. The van der Waals surface area contributed by atoms with E-state index in [2.05, 4.69) is 97.3 Å². The van der Waals surface area contributed by atoms with E-state index in [1.807, 2.05) is 12.1 Å². The van der Waals surface area contributed by atoms with Crippen molar-refractivity contribution >= 4 is 45.0 Å². The van der Waals surface area contributed by atoms with Crippen LogP contribution in [0.4, 0.5) is 0 Å². The summed E-state index contributed by atoms with van der Waals surface area (Å²) in [6, 6.07) is 23.1. The van der Waals surface area contributed by atoms with Gasteiger partial charge in [-0.05, 0) is 50.3 Å². The lowest BCUT2D eigenvalue weighted by Gasteiger charge is -2.09. The molecule has 2 nitrogen and oxygen atoms in total. The van der Waals surface area contributed by atoms with E-state index in [-0.39, 0.29) is 0 Å². The van der Waals surface area contributed by atoms with Gasteiger partial charge >= 0.3 is 0 Å². The van der Waals surface area contributed by atoms with Crippen LogP contribution in [0.2, 0.25) is 0 Å². The van der Waals surface area contributed by atoms with Crippen LogP contribution < -0.4 is 0 Å². The van der Waals surface area contributed by atoms with Crippen molar-refractivity contribution < 1.29 is 4.42 Å². The Morgan fingerprint density at radius 1 is 0.714 bits per heavy atom. The molecule has 5 aromatic rings. The van der Waals surface area contributed by atoms with Crippen molar-refractivity contribution in [3.63, 3.8) is 0 Å². The molecule has 5 rings (SSSR count). The lowest BCUT2D eigenvalue weighted by molar-refractivity contribution is 0.669. The van der Waals surface area contributed by atoms with Crippen LogP contribution in [0.1, 0.15) is 25.1 Å². The number of hydrogen-bond acceptors (Lipinski definition) is 1. The topological polar surface area (TPSA) is 18.1 Å². The molecule has 0 aliphatic rings. The van der Waals surface area contributed by atoms with Crippen molar-refractivity contribution in [2.75, 3.05) is 0 Å². The summed E-state index contributed by atoms with van der Waals surface area (Å²) in [7, 11) is 0. The molecule has 2 aromatic heterocycles. The standard InChI is InChI=1S/C26H21NO/c1-3-10-19-21(11-4-2)27(18-12-6-5-7-13-18)22-16-17-24-26(25(19)22)20-14-8-9-15-23(20)28-24/h3-17H,1-2H3/b10-3+,11-4-. The van der Waals surface area contributed by atoms with Crippen molar-refractivity contribution in [3.05, 3.63) is 90.1 Å². The third-order valence-electron chi connectivity index (χ3n) is 5.22. The molecule has 0 amide bonds. The molecule has 3 aromatic carbocycles. The Kier molecular flexibility index (Phi) is 3.91. The van der Waals surface area contributed by atoms with Crippen LogP contribution in [0.25, 0.3) is 50.7 Å². The summed E-state index contributed by atoms with van der Waals surface area (Å²) < 4.78 is 8.50. The van der Waals surface area contributed by atoms with Crippen LogP contribution in [0.3, 0.4) is 0 Å². The number of hydrogen-bond donors (Lipinski definition) is 0. The first-order valence-corrected chi connectivity index (χ1v) is 9.63. The average molecular weight is 363 g/mol. The third-order valence-corrected chi connectivity index (χ3v) is 5.22. The van der Waals surface area contributed by atoms with Gasteiger partial charge in [-0.1, -0.05) is 54.6 Å². The molecule has 0 saturated heterocycles. The van der Waals surface area contributed by atoms with Crippen molar-refractivity contribution in [1.29, 1.82) is 0 Å². The lowest BCUT2D eigenvalue weighted by atomic mass is 10.0. The van der Waals surface area contributed by atoms with Crippen molar-refractivity contribution in [1.82, 2.24) is 4.57 Å². The highest BCUT2D eigenvalue weighted by atomic mass is 16.3. The first kappa shape index (κ1) is 16.6. The Balaban J connectivity index is 2.06. The Bertz CT molecular complexity index is 1360. The van der Waals surface area contributed by atoms with E-state index in [1.54, 1.807) is 0 Å². The van der Waals surface area contributed by atoms with Crippen molar-refractivity contribution in [3.8, 4) is 5.69 Å². The Labute approximate surface area is 164 Å². The van der Waals surface area contributed by atoms with Gasteiger partial charge in [-0.3, -0.25) is 0 Å². The highest BCUT2D eigenvalue weighted by molar-refractivity contribution is 6.21. The summed E-state index contributed by atoms with van der Waals surface area (Å²) in [4.78, 5) is 0. The number of furan rings is 1. The molecule has 136 valence electrons. The minimum atomic E-state index is 0.927. The van der Waals surface area contributed by atoms with E-state index in [0.29, 0.717) is 0 Å².